The van der Waals surface area contributed by atoms with E-state index in [1.165, 1.54) is 36.2 Å². The molecule has 1 aliphatic carbocycles. The number of nitrogens with zero attached hydrogens (tertiary/aromatic N) is 1. The van der Waals surface area contributed by atoms with Crippen LogP contribution in [-0.4, -0.2) is 17.2 Å². The number of hydrogen-bond donors (Lipinski definition) is 1. The lowest BCUT2D eigenvalue weighted by molar-refractivity contribution is 0.571. The second-order valence-electron chi connectivity index (χ2n) is 5.34. The van der Waals surface area contributed by atoms with Crippen molar-refractivity contribution in [2.75, 3.05) is 6.54 Å². The van der Waals surface area contributed by atoms with Crippen LogP contribution in [-0.2, 0) is 6.42 Å². The standard InChI is InChI=1S/C14H24N2/c1-10(2)16-11(3)9-13(12(16)4)7-8-15-14-5-6-14/h9-10,14-15H,5-8H2,1-4H3. The van der Waals surface area contributed by atoms with Crippen LogP contribution in [0.3, 0.4) is 0 Å². The van der Waals surface area contributed by atoms with Gasteiger partial charge in [-0.3, -0.25) is 0 Å². The summed E-state index contributed by atoms with van der Waals surface area (Å²) in [6.45, 7) is 10.1. The molecule has 0 spiro atoms. The second-order valence-corrected chi connectivity index (χ2v) is 5.34. The Morgan fingerprint density at radius 1 is 1.38 bits per heavy atom. The van der Waals surface area contributed by atoms with Crippen LogP contribution in [0.4, 0.5) is 0 Å². The summed E-state index contributed by atoms with van der Waals surface area (Å²) in [5, 5.41) is 3.58. The van der Waals surface area contributed by atoms with Gasteiger partial charge < -0.3 is 9.88 Å². The third-order valence-corrected chi connectivity index (χ3v) is 3.51. The van der Waals surface area contributed by atoms with Crippen molar-refractivity contribution in [2.45, 2.75) is 59.0 Å². The van der Waals surface area contributed by atoms with Crippen molar-refractivity contribution in [3.8, 4) is 0 Å². The fraction of sp³-hybridized carbons (Fsp3) is 0.714. The highest BCUT2D eigenvalue weighted by molar-refractivity contribution is 5.27. The van der Waals surface area contributed by atoms with Gasteiger partial charge in [0.2, 0.25) is 0 Å². The zero-order valence-corrected chi connectivity index (χ0v) is 11.0. The topological polar surface area (TPSA) is 17.0 Å². The summed E-state index contributed by atoms with van der Waals surface area (Å²) in [4.78, 5) is 0. The molecule has 0 radical (unpaired) electrons. The van der Waals surface area contributed by atoms with Crippen LogP contribution < -0.4 is 5.32 Å². The second kappa shape index (κ2) is 4.62. The summed E-state index contributed by atoms with van der Waals surface area (Å²) in [6, 6.07) is 3.75. The molecule has 1 aromatic rings. The van der Waals surface area contributed by atoms with E-state index in [0.717, 1.165) is 12.6 Å². The predicted octanol–water partition coefficient (Wildman–Crippen LogP) is 2.98. The zero-order valence-electron chi connectivity index (χ0n) is 11.0. The number of aromatic nitrogens is 1. The Hall–Kier alpha value is -0.760. The maximum absolute atomic E-state index is 3.58. The first kappa shape index (κ1) is 11.7. The van der Waals surface area contributed by atoms with E-state index < -0.39 is 0 Å². The molecule has 16 heavy (non-hydrogen) atoms. The van der Waals surface area contributed by atoms with Crippen molar-refractivity contribution < 1.29 is 0 Å². The van der Waals surface area contributed by atoms with Gasteiger partial charge in [-0.05, 0) is 65.1 Å². The summed E-state index contributed by atoms with van der Waals surface area (Å²) >= 11 is 0. The number of hydrogen-bond acceptors (Lipinski definition) is 1. The predicted molar refractivity (Wildman–Crippen MR) is 69.0 cm³/mol. The molecule has 0 unspecified atom stereocenters. The monoisotopic (exact) mass is 220 g/mol. The van der Waals surface area contributed by atoms with Gasteiger partial charge in [-0.25, -0.2) is 0 Å². The third-order valence-electron chi connectivity index (χ3n) is 3.51. The van der Waals surface area contributed by atoms with Gasteiger partial charge in [-0.2, -0.15) is 0 Å². The first-order valence-corrected chi connectivity index (χ1v) is 6.50. The van der Waals surface area contributed by atoms with Crippen LogP contribution in [0.25, 0.3) is 0 Å². The lowest BCUT2D eigenvalue weighted by Gasteiger charge is -2.13. The third kappa shape index (κ3) is 2.49. The molecule has 0 atom stereocenters. The molecule has 1 fully saturated rings. The average molecular weight is 220 g/mol. The Morgan fingerprint density at radius 2 is 2.06 bits per heavy atom. The molecule has 1 aliphatic rings. The molecule has 1 saturated carbocycles. The summed E-state index contributed by atoms with van der Waals surface area (Å²) in [6.07, 6.45) is 3.93. The minimum absolute atomic E-state index is 0.574. The molecule has 90 valence electrons. The minimum Gasteiger partial charge on any atom is -0.346 e. The van der Waals surface area contributed by atoms with Crippen molar-refractivity contribution in [2.24, 2.45) is 0 Å². The van der Waals surface area contributed by atoms with Crippen LogP contribution in [0.1, 0.15) is 49.7 Å². The van der Waals surface area contributed by atoms with Crippen molar-refractivity contribution >= 4 is 0 Å². The average Bonchev–Trinajstić information content (AvgIpc) is 2.94. The van der Waals surface area contributed by atoms with E-state index in [9.17, 15) is 0 Å². The van der Waals surface area contributed by atoms with Gasteiger partial charge in [0.15, 0.2) is 0 Å². The van der Waals surface area contributed by atoms with Gasteiger partial charge in [0.25, 0.3) is 0 Å². The van der Waals surface area contributed by atoms with E-state index in [-0.39, 0.29) is 0 Å². The Labute approximate surface area is 99.0 Å². The number of rotatable bonds is 5. The van der Waals surface area contributed by atoms with E-state index >= 15 is 0 Å². The molecule has 1 aromatic heterocycles. The van der Waals surface area contributed by atoms with Crippen molar-refractivity contribution in [1.82, 2.24) is 9.88 Å². The van der Waals surface area contributed by atoms with Crippen molar-refractivity contribution in [1.29, 1.82) is 0 Å². The lowest BCUT2D eigenvalue weighted by Crippen LogP contribution is -2.19. The molecule has 0 aromatic carbocycles. The van der Waals surface area contributed by atoms with Gasteiger partial charge in [0.05, 0.1) is 0 Å². The zero-order chi connectivity index (χ0) is 11.7. The summed E-state index contributed by atoms with van der Waals surface area (Å²) in [5.41, 5.74) is 4.36. The van der Waals surface area contributed by atoms with Crippen LogP contribution in [0.15, 0.2) is 6.07 Å². The Balaban J connectivity index is 1.99. The van der Waals surface area contributed by atoms with E-state index in [0.29, 0.717) is 6.04 Å². The SMILES string of the molecule is Cc1cc(CCNC2CC2)c(C)n1C(C)C. The van der Waals surface area contributed by atoms with Crippen molar-refractivity contribution in [3.05, 3.63) is 23.0 Å². The Kier molecular flexibility index (Phi) is 3.38. The largest absolute Gasteiger partial charge is 0.346 e. The number of aryl methyl sites for hydroxylation is 1. The fourth-order valence-corrected chi connectivity index (χ4v) is 2.59. The minimum atomic E-state index is 0.574. The van der Waals surface area contributed by atoms with Crippen LogP contribution in [0, 0.1) is 13.8 Å². The highest BCUT2D eigenvalue weighted by atomic mass is 15.0. The lowest BCUT2D eigenvalue weighted by atomic mass is 10.2. The Morgan fingerprint density at radius 3 is 2.56 bits per heavy atom. The highest BCUT2D eigenvalue weighted by Gasteiger charge is 2.20. The maximum atomic E-state index is 3.58. The summed E-state index contributed by atoms with van der Waals surface area (Å²) in [5.74, 6) is 0. The van der Waals surface area contributed by atoms with Crippen molar-refractivity contribution in [3.63, 3.8) is 0 Å². The quantitative estimate of drug-likeness (QED) is 0.807. The van der Waals surface area contributed by atoms with E-state index in [2.05, 4.69) is 43.6 Å². The molecule has 2 nitrogen and oxygen atoms in total. The first-order chi connectivity index (χ1) is 7.59. The molecule has 1 N–H and O–H groups in total. The highest BCUT2D eigenvalue weighted by Crippen LogP contribution is 2.21. The normalized spacial score (nSPS) is 16.1. The number of nitrogens with one attached hydrogen (secondary N) is 1. The summed E-state index contributed by atoms with van der Waals surface area (Å²) < 4.78 is 2.44. The fourth-order valence-electron chi connectivity index (χ4n) is 2.59. The maximum Gasteiger partial charge on any atom is 0.0279 e. The summed E-state index contributed by atoms with van der Waals surface area (Å²) in [7, 11) is 0. The molecule has 2 heteroatoms. The van der Waals surface area contributed by atoms with E-state index in [1.54, 1.807) is 0 Å². The molecule has 0 aliphatic heterocycles. The first-order valence-electron chi connectivity index (χ1n) is 6.50. The molecule has 1 heterocycles. The molecule has 0 saturated heterocycles. The van der Waals surface area contributed by atoms with Gasteiger partial charge in [0.1, 0.15) is 0 Å². The smallest absolute Gasteiger partial charge is 0.0279 e. The Bertz CT molecular complexity index is 359. The van der Waals surface area contributed by atoms with E-state index in [4.69, 9.17) is 0 Å². The van der Waals surface area contributed by atoms with Crippen LogP contribution in [0.2, 0.25) is 0 Å². The van der Waals surface area contributed by atoms with Gasteiger partial charge >= 0.3 is 0 Å². The molecular weight excluding hydrogens is 196 g/mol. The molecule has 2 rings (SSSR count). The van der Waals surface area contributed by atoms with Gasteiger partial charge in [-0.1, -0.05) is 0 Å². The van der Waals surface area contributed by atoms with Gasteiger partial charge in [0, 0.05) is 23.5 Å². The molecule has 0 amide bonds. The van der Waals surface area contributed by atoms with Gasteiger partial charge in [-0.15, -0.1) is 0 Å². The molecular formula is C14H24N2. The molecule has 0 bridgehead atoms. The van der Waals surface area contributed by atoms with Crippen LogP contribution in [0.5, 0.6) is 0 Å². The van der Waals surface area contributed by atoms with E-state index in [1.807, 2.05) is 0 Å². The van der Waals surface area contributed by atoms with Crippen LogP contribution >= 0.6 is 0 Å².